The van der Waals surface area contributed by atoms with E-state index in [2.05, 4.69) is 10.6 Å². The third-order valence-corrected chi connectivity index (χ3v) is 8.24. The van der Waals surface area contributed by atoms with Crippen molar-refractivity contribution in [2.75, 3.05) is 23.4 Å². The summed E-state index contributed by atoms with van der Waals surface area (Å²) in [6.45, 7) is 2.96. The highest BCUT2D eigenvalue weighted by Gasteiger charge is 2.42. The minimum atomic E-state index is -4.77. The molecule has 46 heavy (non-hydrogen) atoms. The number of para-hydroxylation sites is 1. The summed E-state index contributed by atoms with van der Waals surface area (Å²) in [5.41, 5.74) is 2.48. The van der Waals surface area contributed by atoms with Gasteiger partial charge in [0.1, 0.15) is 6.04 Å². The normalized spacial score (nSPS) is 18.3. The molecule has 2 aliphatic rings. The first kappa shape index (κ1) is 35.4. The average Bonchev–Trinajstić information content (AvgIpc) is 3.82. The van der Waals surface area contributed by atoms with E-state index < -0.39 is 73.7 Å². The van der Waals surface area contributed by atoms with Gasteiger partial charge in [-0.1, -0.05) is 43.6 Å². The Morgan fingerprint density at radius 1 is 1.00 bits per heavy atom. The number of carbonyl (C=O) groups is 3. The molecule has 0 radical (unpaired) electrons. The molecule has 1 aliphatic carbocycles. The molecule has 3 unspecified atom stereocenters. The van der Waals surface area contributed by atoms with Crippen molar-refractivity contribution < 1.29 is 45.5 Å². The number of hydrogen-bond acceptors (Lipinski definition) is 5. The van der Waals surface area contributed by atoms with Gasteiger partial charge in [0.15, 0.2) is 0 Å². The molecule has 0 spiro atoms. The fraction of sp³-hybridized carbons (Fsp3) is 0.531. The SMILES string of the molecule is CC(C)COC(=O)C(CCC(F)(F)F)C(CCC(F)(F)F)C(=O)NC1CN(c2cccc(C3CC3)c2)c2cccc(Cl)c2NC1=O. The first-order valence-electron chi connectivity index (χ1n) is 15.1. The monoisotopic (exact) mass is 675 g/mol. The van der Waals surface area contributed by atoms with Crippen LogP contribution in [0, 0.1) is 17.8 Å². The highest BCUT2D eigenvalue weighted by atomic mass is 35.5. The summed E-state index contributed by atoms with van der Waals surface area (Å²) < 4.78 is 84.9. The van der Waals surface area contributed by atoms with Gasteiger partial charge in [0, 0.05) is 18.5 Å². The molecular formula is C32H36ClF6N3O4. The van der Waals surface area contributed by atoms with Crippen LogP contribution >= 0.6 is 11.6 Å². The van der Waals surface area contributed by atoms with E-state index in [4.69, 9.17) is 16.3 Å². The second-order valence-corrected chi connectivity index (χ2v) is 12.6. The number of halogens is 7. The van der Waals surface area contributed by atoms with E-state index in [1.807, 2.05) is 18.2 Å². The highest BCUT2D eigenvalue weighted by Crippen LogP contribution is 2.44. The van der Waals surface area contributed by atoms with Gasteiger partial charge in [-0.15, -0.1) is 0 Å². The van der Waals surface area contributed by atoms with Gasteiger partial charge in [0.05, 0.1) is 41.4 Å². The van der Waals surface area contributed by atoms with Crippen molar-refractivity contribution in [3.8, 4) is 0 Å². The summed E-state index contributed by atoms with van der Waals surface area (Å²) in [5, 5.41) is 5.33. The number of amides is 2. The fourth-order valence-electron chi connectivity index (χ4n) is 5.43. The number of nitrogens with zero attached hydrogens (tertiary/aromatic N) is 1. The summed E-state index contributed by atoms with van der Waals surface area (Å²) >= 11 is 6.43. The van der Waals surface area contributed by atoms with Crippen molar-refractivity contribution in [1.82, 2.24) is 5.32 Å². The van der Waals surface area contributed by atoms with Crippen molar-refractivity contribution in [2.24, 2.45) is 17.8 Å². The molecule has 14 heteroatoms. The van der Waals surface area contributed by atoms with Gasteiger partial charge in [-0.2, -0.15) is 26.3 Å². The molecule has 3 atom stereocenters. The molecule has 2 aromatic carbocycles. The second kappa shape index (κ2) is 14.5. The summed E-state index contributed by atoms with van der Waals surface area (Å²) in [6.07, 6.45) is -12.5. The van der Waals surface area contributed by atoms with E-state index in [9.17, 15) is 40.7 Å². The summed E-state index contributed by atoms with van der Waals surface area (Å²) in [6, 6.07) is 11.1. The average molecular weight is 676 g/mol. The van der Waals surface area contributed by atoms with E-state index in [1.54, 1.807) is 43.0 Å². The first-order chi connectivity index (χ1) is 21.5. The van der Waals surface area contributed by atoms with E-state index in [0.29, 0.717) is 17.3 Å². The van der Waals surface area contributed by atoms with Gasteiger partial charge in [-0.3, -0.25) is 14.4 Å². The molecule has 4 rings (SSSR count). The Morgan fingerprint density at radius 2 is 1.63 bits per heavy atom. The zero-order valence-electron chi connectivity index (χ0n) is 25.3. The standard InChI is InChI=1S/C32H36ClF6N3O4/c1-18(2)17-46-30(45)23(12-14-32(37,38)39)22(11-13-31(34,35)36)28(43)40-25-16-42(21-6-3-5-20(15-21)19-9-10-19)26-8-4-7-24(33)27(26)41-29(25)44/h3-8,15,18-19,22-23,25H,9-14,16-17H2,1-2H3,(H,40,43)(H,41,44). The van der Waals surface area contributed by atoms with E-state index in [1.165, 1.54) is 0 Å². The van der Waals surface area contributed by atoms with Gasteiger partial charge in [-0.25, -0.2) is 0 Å². The molecule has 0 bridgehead atoms. The summed E-state index contributed by atoms with van der Waals surface area (Å²) in [7, 11) is 0. The van der Waals surface area contributed by atoms with Crippen molar-refractivity contribution in [1.29, 1.82) is 0 Å². The Bertz CT molecular complexity index is 1410. The Labute approximate surface area is 268 Å². The van der Waals surface area contributed by atoms with Crippen molar-refractivity contribution >= 4 is 46.4 Å². The van der Waals surface area contributed by atoms with Crippen molar-refractivity contribution in [2.45, 2.75) is 76.7 Å². The Balaban J connectivity index is 1.67. The van der Waals surface area contributed by atoms with E-state index >= 15 is 0 Å². The zero-order chi connectivity index (χ0) is 33.8. The zero-order valence-corrected chi connectivity index (χ0v) is 26.1. The van der Waals surface area contributed by atoms with Crippen LogP contribution in [-0.2, 0) is 19.1 Å². The molecule has 1 fully saturated rings. The molecule has 1 saturated carbocycles. The molecular weight excluding hydrogens is 640 g/mol. The third kappa shape index (κ3) is 9.76. The lowest BCUT2D eigenvalue weighted by molar-refractivity contribution is -0.164. The van der Waals surface area contributed by atoms with Crippen LogP contribution in [0.2, 0.25) is 5.02 Å². The number of nitrogens with one attached hydrogen (secondary N) is 2. The number of benzene rings is 2. The minimum Gasteiger partial charge on any atom is -0.465 e. The highest BCUT2D eigenvalue weighted by molar-refractivity contribution is 6.34. The lowest BCUT2D eigenvalue weighted by atomic mass is 9.83. The number of alkyl halides is 6. The Morgan fingerprint density at radius 3 is 2.24 bits per heavy atom. The van der Waals surface area contributed by atoms with Crippen LogP contribution in [0.5, 0.6) is 0 Å². The van der Waals surface area contributed by atoms with Crippen LogP contribution in [0.15, 0.2) is 42.5 Å². The number of ether oxygens (including phenoxy) is 1. The number of hydrogen-bond donors (Lipinski definition) is 2. The minimum absolute atomic E-state index is 0.184. The van der Waals surface area contributed by atoms with Crippen LogP contribution < -0.4 is 15.5 Å². The molecule has 7 nitrogen and oxygen atoms in total. The maximum atomic E-state index is 13.7. The van der Waals surface area contributed by atoms with Gasteiger partial charge in [0.2, 0.25) is 11.8 Å². The smallest absolute Gasteiger partial charge is 0.389 e. The van der Waals surface area contributed by atoms with E-state index in [0.717, 1.165) is 18.4 Å². The molecule has 2 amide bonds. The van der Waals surface area contributed by atoms with Gasteiger partial charge in [0.25, 0.3) is 0 Å². The van der Waals surface area contributed by atoms with E-state index in [-0.39, 0.29) is 29.8 Å². The summed E-state index contributed by atoms with van der Waals surface area (Å²) in [4.78, 5) is 42.0. The number of carbonyl (C=O) groups excluding carboxylic acids is 3. The number of anilines is 3. The molecule has 1 heterocycles. The van der Waals surface area contributed by atoms with Crippen LogP contribution in [0.1, 0.15) is 63.9 Å². The second-order valence-electron chi connectivity index (χ2n) is 12.2. The molecule has 252 valence electrons. The maximum absolute atomic E-state index is 13.7. The Kier molecular flexibility index (Phi) is 11.2. The number of rotatable bonds is 12. The van der Waals surface area contributed by atoms with Crippen molar-refractivity contribution in [3.05, 3.63) is 53.1 Å². The van der Waals surface area contributed by atoms with Crippen molar-refractivity contribution in [3.63, 3.8) is 0 Å². The van der Waals surface area contributed by atoms with Gasteiger partial charge in [-0.05, 0) is 67.3 Å². The molecule has 2 N–H and O–H groups in total. The van der Waals surface area contributed by atoms with Crippen LogP contribution in [-0.4, -0.2) is 49.3 Å². The Hall–Kier alpha value is -3.48. The number of esters is 1. The lowest BCUT2D eigenvalue weighted by Crippen LogP contribution is -2.51. The molecule has 1 aliphatic heterocycles. The van der Waals surface area contributed by atoms with Gasteiger partial charge >= 0.3 is 18.3 Å². The van der Waals surface area contributed by atoms with Crippen LogP contribution in [0.4, 0.5) is 43.4 Å². The van der Waals surface area contributed by atoms with Crippen LogP contribution in [0.3, 0.4) is 0 Å². The third-order valence-electron chi connectivity index (χ3n) is 7.92. The van der Waals surface area contributed by atoms with Gasteiger partial charge < -0.3 is 20.3 Å². The van der Waals surface area contributed by atoms with Crippen LogP contribution in [0.25, 0.3) is 0 Å². The summed E-state index contributed by atoms with van der Waals surface area (Å²) in [5.74, 6) is -6.65. The molecule has 0 saturated heterocycles. The number of fused-ring (bicyclic) bond motifs is 1. The topological polar surface area (TPSA) is 87.7 Å². The fourth-order valence-corrected chi connectivity index (χ4v) is 5.64. The molecule has 0 aromatic heterocycles. The predicted octanol–water partition coefficient (Wildman–Crippen LogP) is 7.91. The quantitative estimate of drug-likeness (QED) is 0.176. The largest absolute Gasteiger partial charge is 0.465 e. The predicted molar refractivity (Wildman–Crippen MR) is 161 cm³/mol. The molecule has 2 aromatic rings. The maximum Gasteiger partial charge on any atom is 0.389 e. The lowest BCUT2D eigenvalue weighted by Gasteiger charge is -2.30. The first-order valence-corrected chi connectivity index (χ1v) is 15.5.